The van der Waals surface area contributed by atoms with Crippen LogP contribution in [0.15, 0.2) is 12.3 Å². The van der Waals surface area contributed by atoms with Crippen LogP contribution in [0.1, 0.15) is 13.3 Å². The third kappa shape index (κ3) is 1.32. The first kappa shape index (κ1) is 7.20. The van der Waals surface area contributed by atoms with E-state index >= 15 is 0 Å². The van der Waals surface area contributed by atoms with Crippen LogP contribution in [0, 0.1) is 0 Å². The van der Waals surface area contributed by atoms with Crippen LogP contribution >= 0.6 is 0 Å². The van der Waals surface area contributed by atoms with Crippen LogP contribution in [0.25, 0.3) is 0 Å². The van der Waals surface area contributed by atoms with Crippen molar-refractivity contribution in [2.45, 2.75) is 19.4 Å². The molecule has 0 saturated carbocycles. The average molecular weight is 160 g/mol. The lowest BCUT2D eigenvalue weighted by Crippen LogP contribution is -2.52. The highest BCUT2D eigenvalue weighted by atomic mass is 28.5. The Morgan fingerprint density at radius 1 is 1.67 bits per heavy atom. The van der Waals surface area contributed by atoms with Crippen molar-refractivity contribution in [1.82, 2.24) is 0 Å². The number of rotatable bonds is 3. The Kier molecular flexibility index (Phi) is 2.23. The Bertz CT molecular complexity index is 112. The van der Waals surface area contributed by atoms with Crippen LogP contribution in [-0.2, 0) is 8.23 Å². The number of hydrogen-bond donors (Lipinski definition) is 0. The van der Waals surface area contributed by atoms with Gasteiger partial charge in [-0.1, -0.05) is 19.0 Å². The molecule has 1 aliphatic heterocycles. The highest BCUT2D eigenvalue weighted by Gasteiger charge is 2.40. The van der Waals surface area contributed by atoms with E-state index in [2.05, 4.69) is 13.5 Å². The molecule has 0 atom stereocenters. The van der Waals surface area contributed by atoms with Crippen LogP contribution in [0.2, 0.25) is 6.04 Å². The lowest BCUT2D eigenvalue weighted by molar-refractivity contribution is 0.286. The van der Waals surface area contributed by atoms with E-state index < -0.39 is 18.6 Å². The van der Waals surface area contributed by atoms with Crippen molar-refractivity contribution in [2.75, 3.05) is 0 Å². The van der Waals surface area contributed by atoms with Crippen molar-refractivity contribution in [1.29, 1.82) is 0 Å². The zero-order valence-electron chi connectivity index (χ0n) is 5.72. The molecule has 0 spiro atoms. The maximum atomic E-state index is 5.45. The van der Waals surface area contributed by atoms with Gasteiger partial charge in [-0.15, -0.1) is 6.58 Å². The van der Waals surface area contributed by atoms with Gasteiger partial charge in [-0.05, 0) is 6.04 Å². The highest BCUT2D eigenvalue weighted by Crippen LogP contribution is 2.22. The molecule has 0 aromatic carbocycles. The molecule has 0 N–H and O–H groups in total. The maximum absolute atomic E-state index is 5.45. The summed E-state index contributed by atoms with van der Waals surface area (Å²) in [6.45, 7) is 5.85. The molecule has 9 heavy (non-hydrogen) atoms. The number of hydrogen-bond acceptors (Lipinski definition) is 2. The topological polar surface area (TPSA) is 18.5 Å². The van der Waals surface area contributed by atoms with E-state index in [4.69, 9.17) is 8.23 Å². The Labute approximate surface area is 59.2 Å². The summed E-state index contributed by atoms with van der Waals surface area (Å²) in [4.78, 5) is 0. The Balaban J connectivity index is 2.37. The molecular formula is C5H12O2Si2. The van der Waals surface area contributed by atoms with Crippen molar-refractivity contribution in [3.63, 3.8) is 0 Å². The van der Waals surface area contributed by atoms with Gasteiger partial charge in [0.25, 0.3) is 10.0 Å². The monoisotopic (exact) mass is 160 g/mol. The predicted molar refractivity (Wildman–Crippen MR) is 41.8 cm³/mol. The molecule has 1 saturated heterocycles. The van der Waals surface area contributed by atoms with E-state index in [1.54, 1.807) is 0 Å². The first-order valence-corrected chi connectivity index (χ1v) is 6.50. The second-order valence-corrected chi connectivity index (χ2v) is 7.25. The zero-order valence-corrected chi connectivity index (χ0v) is 8.14. The molecule has 1 aliphatic rings. The summed E-state index contributed by atoms with van der Waals surface area (Å²) in [6.07, 6.45) is 1.15. The quantitative estimate of drug-likeness (QED) is 0.563. The Morgan fingerprint density at radius 3 is 2.44 bits per heavy atom. The van der Waals surface area contributed by atoms with Crippen molar-refractivity contribution >= 4 is 18.6 Å². The SMILES string of the molecule is C=C[Si]1(CCC)O[SiH2]O1. The zero-order chi connectivity index (χ0) is 6.74. The van der Waals surface area contributed by atoms with Gasteiger partial charge in [0, 0.05) is 0 Å². The molecular weight excluding hydrogens is 148 g/mol. The lowest BCUT2D eigenvalue weighted by atomic mass is 10.6. The minimum absolute atomic E-state index is 0.540. The van der Waals surface area contributed by atoms with E-state index in [9.17, 15) is 0 Å². The highest BCUT2D eigenvalue weighted by molar-refractivity contribution is 6.84. The molecule has 1 rings (SSSR count). The maximum Gasteiger partial charge on any atom is 0.346 e. The largest absolute Gasteiger partial charge is 0.417 e. The minimum Gasteiger partial charge on any atom is -0.417 e. The van der Waals surface area contributed by atoms with Crippen LogP contribution in [0.4, 0.5) is 0 Å². The summed E-state index contributed by atoms with van der Waals surface area (Å²) >= 11 is 0. The Morgan fingerprint density at radius 2 is 2.33 bits per heavy atom. The average Bonchev–Trinajstić information content (AvgIpc) is 1.79. The van der Waals surface area contributed by atoms with Gasteiger partial charge in [-0.25, -0.2) is 0 Å². The fourth-order valence-electron chi connectivity index (χ4n) is 0.923. The molecule has 0 amide bonds. The molecule has 0 unspecified atom stereocenters. The van der Waals surface area contributed by atoms with Gasteiger partial charge >= 0.3 is 8.56 Å². The van der Waals surface area contributed by atoms with Crippen LogP contribution in [0.5, 0.6) is 0 Å². The van der Waals surface area contributed by atoms with Crippen molar-refractivity contribution < 1.29 is 8.23 Å². The molecule has 0 bridgehead atoms. The smallest absolute Gasteiger partial charge is 0.346 e. The third-order valence-electron chi connectivity index (χ3n) is 1.52. The van der Waals surface area contributed by atoms with Gasteiger partial charge in [0.2, 0.25) is 0 Å². The van der Waals surface area contributed by atoms with Crippen LogP contribution in [0.3, 0.4) is 0 Å². The molecule has 52 valence electrons. The molecule has 0 aromatic heterocycles. The summed E-state index contributed by atoms with van der Waals surface area (Å²) < 4.78 is 10.9. The standard InChI is InChI=1S/C5H12O2Si2/c1-3-5-9(4-2)6-8-7-9/h4H,2-3,5,8H2,1H3. The molecule has 2 nitrogen and oxygen atoms in total. The second-order valence-electron chi connectivity index (χ2n) is 2.17. The lowest BCUT2D eigenvalue weighted by Gasteiger charge is -2.36. The van der Waals surface area contributed by atoms with Gasteiger partial charge in [-0.2, -0.15) is 0 Å². The Hall–Kier alpha value is 0.0938. The van der Waals surface area contributed by atoms with Crippen LogP contribution < -0.4 is 0 Å². The van der Waals surface area contributed by atoms with Gasteiger partial charge in [0.05, 0.1) is 0 Å². The van der Waals surface area contributed by atoms with Crippen molar-refractivity contribution in [2.24, 2.45) is 0 Å². The van der Waals surface area contributed by atoms with Gasteiger partial charge < -0.3 is 8.23 Å². The minimum atomic E-state index is -1.69. The first-order chi connectivity index (χ1) is 4.33. The van der Waals surface area contributed by atoms with E-state index in [-0.39, 0.29) is 0 Å². The van der Waals surface area contributed by atoms with E-state index in [0.29, 0.717) is 0 Å². The van der Waals surface area contributed by atoms with Gasteiger partial charge in [0.15, 0.2) is 0 Å². The summed E-state index contributed by atoms with van der Waals surface area (Å²) in [5.41, 5.74) is 1.90. The molecule has 1 heterocycles. The summed E-state index contributed by atoms with van der Waals surface area (Å²) in [6, 6.07) is 1.09. The predicted octanol–water partition coefficient (Wildman–Crippen LogP) is 0.609. The molecule has 0 aromatic rings. The van der Waals surface area contributed by atoms with E-state index in [1.807, 2.05) is 5.70 Å². The van der Waals surface area contributed by atoms with E-state index in [1.165, 1.54) is 0 Å². The summed E-state index contributed by atoms with van der Waals surface area (Å²) in [5, 5.41) is 0. The van der Waals surface area contributed by atoms with Crippen molar-refractivity contribution in [3.8, 4) is 0 Å². The summed E-state index contributed by atoms with van der Waals surface area (Å²) in [5.74, 6) is 0. The van der Waals surface area contributed by atoms with E-state index in [0.717, 1.165) is 12.5 Å². The van der Waals surface area contributed by atoms with Crippen LogP contribution in [-0.4, -0.2) is 18.6 Å². The molecule has 0 radical (unpaired) electrons. The molecule has 0 aliphatic carbocycles. The first-order valence-electron chi connectivity index (χ1n) is 3.24. The third-order valence-corrected chi connectivity index (χ3v) is 8.19. The fraction of sp³-hybridized carbons (Fsp3) is 0.600. The van der Waals surface area contributed by atoms with Gasteiger partial charge in [-0.3, -0.25) is 0 Å². The summed E-state index contributed by atoms with van der Waals surface area (Å²) in [7, 11) is -2.23. The fourth-order valence-corrected chi connectivity index (χ4v) is 5.60. The van der Waals surface area contributed by atoms with Crippen molar-refractivity contribution in [3.05, 3.63) is 12.3 Å². The van der Waals surface area contributed by atoms with Gasteiger partial charge in [0.1, 0.15) is 0 Å². The molecule has 4 heteroatoms. The second kappa shape index (κ2) is 2.78. The normalized spacial score (nSPS) is 36.1. The molecule has 1 fully saturated rings.